The molecule has 0 atom stereocenters. The molecule has 2 aromatic rings. The summed E-state index contributed by atoms with van der Waals surface area (Å²) in [6.45, 7) is 4.92. The van der Waals surface area contributed by atoms with Gasteiger partial charge in [0.05, 0.1) is 5.52 Å². The van der Waals surface area contributed by atoms with E-state index >= 15 is 0 Å². The molecule has 90 valence electrons. The smallest absolute Gasteiger partial charge is 0.274 e. The molecule has 0 aliphatic rings. The summed E-state index contributed by atoms with van der Waals surface area (Å²) in [6, 6.07) is 7.67. The number of rotatable bonds is 3. The molecule has 0 unspecified atom stereocenters. The largest absolute Gasteiger partial charge is 0.340 e. The lowest BCUT2D eigenvalue weighted by molar-refractivity contribution is 0.0775. The van der Waals surface area contributed by atoms with Gasteiger partial charge in [0, 0.05) is 19.0 Å². The Morgan fingerprint density at radius 3 is 2.82 bits per heavy atom. The van der Waals surface area contributed by atoms with E-state index in [1.54, 1.807) is 4.90 Å². The molecule has 0 spiro atoms. The zero-order chi connectivity index (χ0) is 12.4. The SMILES string of the molecule is CC(C)CN(C)C(=O)c1n[nH]c2ccccc12. The first-order chi connectivity index (χ1) is 8.09. The Hall–Kier alpha value is -1.84. The first-order valence-corrected chi connectivity index (χ1v) is 5.78. The van der Waals surface area contributed by atoms with Crippen LogP contribution in [0.2, 0.25) is 0 Å². The molecule has 0 fully saturated rings. The van der Waals surface area contributed by atoms with E-state index in [-0.39, 0.29) is 5.91 Å². The topological polar surface area (TPSA) is 49.0 Å². The molecule has 0 saturated heterocycles. The van der Waals surface area contributed by atoms with Gasteiger partial charge in [-0.25, -0.2) is 0 Å². The quantitative estimate of drug-likeness (QED) is 0.881. The summed E-state index contributed by atoms with van der Waals surface area (Å²) in [6.07, 6.45) is 0. The molecule has 17 heavy (non-hydrogen) atoms. The number of hydrogen-bond acceptors (Lipinski definition) is 2. The second kappa shape index (κ2) is 4.57. The van der Waals surface area contributed by atoms with Crippen LogP contribution >= 0.6 is 0 Å². The summed E-state index contributed by atoms with van der Waals surface area (Å²) >= 11 is 0. The number of aromatic nitrogens is 2. The molecule has 1 heterocycles. The van der Waals surface area contributed by atoms with Crippen molar-refractivity contribution < 1.29 is 4.79 Å². The van der Waals surface area contributed by atoms with Gasteiger partial charge in [-0.1, -0.05) is 32.0 Å². The van der Waals surface area contributed by atoms with Crippen molar-refractivity contribution in [3.63, 3.8) is 0 Å². The fourth-order valence-corrected chi connectivity index (χ4v) is 1.94. The normalized spacial score (nSPS) is 11.1. The summed E-state index contributed by atoms with van der Waals surface area (Å²) in [7, 11) is 1.81. The summed E-state index contributed by atoms with van der Waals surface area (Å²) < 4.78 is 0. The van der Waals surface area contributed by atoms with Gasteiger partial charge in [0.2, 0.25) is 0 Å². The predicted molar refractivity (Wildman–Crippen MR) is 67.9 cm³/mol. The number of amides is 1. The summed E-state index contributed by atoms with van der Waals surface area (Å²) in [5, 5.41) is 7.87. The first kappa shape index (κ1) is 11.6. The van der Waals surface area contributed by atoms with Crippen LogP contribution in [-0.4, -0.2) is 34.6 Å². The number of aromatic amines is 1. The van der Waals surface area contributed by atoms with E-state index in [4.69, 9.17) is 0 Å². The molecule has 2 rings (SSSR count). The van der Waals surface area contributed by atoms with Crippen molar-refractivity contribution in [3.05, 3.63) is 30.0 Å². The third-order valence-corrected chi connectivity index (χ3v) is 2.66. The van der Waals surface area contributed by atoms with E-state index in [0.29, 0.717) is 11.6 Å². The standard InChI is InChI=1S/C13H17N3O/c1-9(2)8-16(3)13(17)12-10-6-4-5-7-11(10)14-15-12/h4-7,9H,8H2,1-3H3,(H,14,15). The number of carbonyl (C=O) groups excluding carboxylic acids is 1. The second-order valence-electron chi connectivity index (χ2n) is 4.70. The Morgan fingerprint density at radius 1 is 1.41 bits per heavy atom. The molecule has 1 N–H and O–H groups in total. The fraction of sp³-hybridized carbons (Fsp3) is 0.385. The number of benzene rings is 1. The highest BCUT2D eigenvalue weighted by Crippen LogP contribution is 2.16. The van der Waals surface area contributed by atoms with E-state index in [9.17, 15) is 4.79 Å². The molecule has 0 saturated carbocycles. The van der Waals surface area contributed by atoms with Crippen molar-refractivity contribution in [3.8, 4) is 0 Å². The average Bonchev–Trinajstić information content (AvgIpc) is 2.70. The average molecular weight is 231 g/mol. The third-order valence-electron chi connectivity index (χ3n) is 2.66. The first-order valence-electron chi connectivity index (χ1n) is 5.78. The number of H-pyrrole nitrogens is 1. The maximum absolute atomic E-state index is 12.2. The maximum atomic E-state index is 12.2. The molecule has 4 nitrogen and oxygen atoms in total. The minimum absolute atomic E-state index is 0.0313. The van der Waals surface area contributed by atoms with Crippen LogP contribution in [0, 0.1) is 5.92 Å². The summed E-state index contributed by atoms with van der Waals surface area (Å²) in [5.74, 6) is 0.422. The van der Waals surface area contributed by atoms with Crippen molar-refractivity contribution in [2.75, 3.05) is 13.6 Å². The van der Waals surface area contributed by atoms with Gasteiger partial charge in [0.15, 0.2) is 5.69 Å². The van der Waals surface area contributed by atoms with Gasteiger partial charge in [-0.2, -0.15) is 5.10 Å². The van der Waals surface area contributed by atoms with Gasteiger partial charge >= 0.3 is 0 Å². The number of carbonyl (C=O) groups is 1. The predicted octanol–water partition coefficient (Wildman–Crippen LogP) is 2.29. The highest BCUT2D eigenvalue weighted by molar-refractivity contribution is 6.04. The third kappa shape index (κ3) is 2.30. The second-order valence-corrected chi connectivity index (χ2v) is 4.70. The molecule has 4 heteroatoms. The van der Waals surface area contributed by atoms with Crippen LogP contribution in [-0.2, 0) is 0 Å². The van der Waals surface area contributed by atoms with E-state index in [1.807, 2.05) is 31.3 Å². The van der Waals surface area contributed by atoms with Crippen LogP contribution in [0.25, 0.3) is 10.9 Å². The van der Waals surface area contributed by atoms with Gasteiger partial charge < -0.3 is 4.90 Å². The highest BCUT2D eigenvalue weighted by Gasteiger charge is 2.18. The summed E-state index contributed by atoms with van der Waals surface area (Å²) in [4.78, 5) is 13.9. The minimum atomic E-state index is -0.0313. The number of nitrogens with zero attached hydrogens (tertiary/aromatic N) is 2. The van der Waals surface area contributed by atoms with Crippen LogP contribution in [0.5, 0.6) is 0 Å². The highest BCUT2D eigenvalue weighted by atomic mass is 16.2. The van der Waals surface area contributed by atoms with Gasteiger partial charge in [-0.05, 0) is 12.0 Å². The molecular weight excluding hydrogens is 214 g/mol. The molecule has 0 aliphatic carbocycles. The molecule has 0 aliphatic heterocycles. The van der Waals surface area contributed by atoms with Gasteiger partial charge in [0.1, 0.15) is 0 Å². The van der Waals surface area contributed by atoms with Crippen molar-refractivity contribution in [1.82, 2.24) is 15.1 Å². The van der Waals surface area contributed by atoms with E-state index in [0.717, 1.165) is 17.4 Å². The van der Waals surface area contributed by atoms with Gasteiger partial charge in [-0.3, -0.25) is 9.89 Å². The zero-order valence-corrected chi connectivity index (χ0v) is 10.4. The minimum Gasteiger partial charge on any atom is -0.340 e. The molecule has 0 bridgehead atoms. The molecule has 0 radical (unpaired) electrons. The fourth-order valence-electron chi connectivity index (χ4n) is 1.94. The zero-order valence-electron chi connectivity index (χ0n) is 10.4. The van der Waals surface area contributed by atoms with Crippen molar-refractivity contribution >= 4 is 16.8 Å². The summed E-state index contributed by atoms with van der Waals surface area (Å²) in [5.41, 5.74) is 1.40. The van der Waals surface area contributed by atoms with Crippen molar-refractivity contribution in [1.29, 1.82) is 0 Å². The Bertz CT molecular complexity index is 530. The van der Waals surface area contributed by atoms with E-state index in [1.165, 1.54) is 0 Å². The lowest BCUT2D eigenvalue weighted by Gasteiger charge is -2.18. The monoisotopic (exact) mass is 231 g/mol. The van der Waals surface area contributed by atoms with Crippen LogP contribution in [0.3, 0.4) is 0 Å². The van der Waals surface area contributed by atoms with E-state index < -0.39 is 0 Å². The van der Waals surface area contributed by atoms with Crippen LogP contribution < -0.4 is 0 Å². The van der Waals surface area contributed by atoms with Gasteiger partial charge in [-0.15, -0.1) is 0 Å². The lowest BCUT2D eigenvalue weighted by atomic mass is 10.1. The van der Waals surface area contributed by atoms with Crippen LogP contribution in [0.1, 0.15) is 24.3 Å². The number of nitrogens with one attached hydrogen (secondary N) is 1. The Morgan fingerprint density at radius 2 is 2.12 bits per heavy atom. The molecule has 1 aromatic carbocycles. The number of hydrogen-bond donors (Lipinski definition) is 1. The van der Waals surface area contributed by atoms with E-state index in [2.05, 4.69) is 24.0 Å². The maximum Gasteiger partial charge on any atom is 0.274 e. The Balaban J connectivity index is 2.30. The number of para-hydroxylation sites is 1. The Kier molecular flexibility index (Phi) is 3.13. The number of fused-ring (bicyclic) bond motifs is 1. The van der Waals surface area contributed by atoms with Crippen LogP contribution in [0.4, 0.5) is 0 Å². The Labute approximate surface area is 101 Å². The van der Waals surface area contributed by atoms with Crippen molar-refractivity contribution in [2.24, 2.45) is 5.92 Å². The molecule has 1 aromatic heterocycles. The van der Waals surface area contributed by atoms with Crippen molar-refractivity contribution in [2.45, 2.75) is 13.8 Å². The molecule has 1 amide bonds. The lowest BCUT2D eigenvalue weighted by Crippen LogP contribution is -2.30. The molecular formula is C13H17N3O. The van der Waals surface area contributed by atoms with Gasteiger partial charge in [0.25, 0.3) is 5.91 Å². The van der Waals surface area contributed by atoms with Crippen LogP contribution in [0.15, 0.2) is 24.3 Å².